The van der Waals surface area contributed by atoms with Crippen molar-refractivity contribution < 1.29 is 15.0 Å². The molecule has 15 heavy (non-hydrogen) atoms. The van der Waals surface area contributed by atoms with Crippen molar-refractivity contribution in [3.05, 3.63) is 21.9 Å². The number of rotatable bonds is 4. The Bertz CT molecular complexity index is 330. The molecule has 1 aromatic rings. The van der Waals surface area contributed by atoms with Crippen molar-refractivity contribution in [2.75, 3.05) is 13.2 Å². The zero-order chi connectivity index (χ0) is 11.4. The molecule has 5 nitrogen and oxygen atoms in total. The van der Waals surface area contributed by atoms with E-state index in [1.165, 1.54) is 6.07 Å². The average Bonchev–Trinajstić information content (AvgIpc) is 2.55. The third kappa shape index (κ3) is 3.10. The van der Waals surface area contributed by atoms with Gasteiger partial charge < -0.3 is 20.5 Å². The number of aliphatic hydroxyl groups is 2. The molecule has 0 aliphatic heterocycles. The first-order valence-electron chi connectivity index (χ1n) is 4.15. The zero-order valence-electron chi connectivity index (χ0n) is 7.63. The van der Waals surface area contributed by atoms with E-state index in [2.05, 4.69) is 10.3 Å². The van der Waals surface area contributed by atoms with Gasteiger partial charge in [-0.15, -0.1) is 0 Å². The summed E-state index contributed by atoms with van der Waals surface area (Å²) in [5.74, 6) is -0.489. The first kappa shape index (κ1) is 12.3. The van der Waals surface area contributed by atoms with Crippen LogP contribution >= 0.6 is 23.2 Å². The molecular weight excluding hydrogens is 243 g/mol. The highest BCUT2D eigenvalue weighted by molar-refractivity contribution is 6.41. The Kier molecular flexibility index (Phi) is 4.41. The van der Waals surface area contributed by atoms with Gasteiger partial charge in [0, 0.05) is 0 Å². The van der Waals surface area contributed by atoms with Gasteiger partial charge in [0.25, 0.3) is 5.91 Å². The van der Waals surface area contributed by atoms with Crippen LogP contribution in [0.25, 0.3) is 0 Å². The fourth-order valence-corrected chi connectivity index (χ4v) is 1.25. The van der Waals surface area contributed by atoms with Gasteiger partial charge in [0.05, 0.1) is 24.3 Å². The van der Waals surface area contributed by atoms with Crippen molar-refractivity contribution in [2.45, 2.75) is 6.04 Å². The molecule has 1 rings (SSSR count). The van der Waals surface area contributed by atoms with Crippen molar-refractivity contribution in [2.24, 2.45) is 0 Å². The van der Waals surface area contributed by atoms with Crippen LogP contribution < -0.4 is 5.32 Å². The summed E-state index contributed by atoms with van der Waals surface area (Å²) in [5, 5.41) is 20.3. The van der Waals surface area contributed by atoms with E-state index in [-0.39, 0.29) is 29.1 Å². The largest absolute Gasteiger partial charge is 0.394 e. The first-order valence-corrected chi connectivity index (χ1v) is 4.90. The Labute approximate surface area is 96.0 Å². The number of aliphatic hydroxyl groups excluding tert-OH is 2. The Morgan fingerprint density at radius 2 is 2.07 bits per heavy atom. The van der Waals surface area contributed by atoms with Crippen molar-refractivity contribution in [3.63, 3.8) is 0 Å². The lowest BCUT2D eigenvalue weighted by atomic mass is 10.3. The van der Waals surface area contributed by atoms with Crippen LogP contribution in [-0.4, -0.2) is 40.4 Å². The van der Waals surface area contributed by atoms with Crippen LogP contribution in [0.3, 0.4) is 0 Å². The second kappa shape index (κ2) is 5.37. The molecule has 0 aliphatic carbocycles. The molecule has 0 saturated heterocycles. The lowest BCUT2D eigenvalue weighted by Gasteiger charge is -2.11. The maximum Gasteiger partial charge on any atom is 0.268 e. The number of carbonyl (C=O) groups excluding carboxylic acids is 1. The predicted molar refractivity (Wildman–Crippen MR) is 56.2 cm³/mol. The second-order valence-corrected chi connectivity index (χ2v) is 3.67. The van der Waals surface area contributed by atoms with E-state index in [1.807, 2.05) is 0 Å². The van der Waals surface area contributed by atoms with Gasteiger partial charge in [-0.25, -0.2) is 0 Å². The molecule has 0 bridgehead atoms. The fraction of sp³-hybridized carbons (Fsp3) is 0.375. The molecule has 0 saturated carbocycles. The van der Waals surface area contributed by atoms with Crippen molar-refractivity contribution >= 4 is 29.1 Å². The molecule has 4 N–H and O–H groups in total. The van der Waals surface area contributed by atoms with Crippen molar-refractivity contribution in [1.82, 2.24) is 10.3 Å². The first-order chi connectivity index (χ1) is 7.08. The number of aromatic amines is 1. The fourth-order valence-electron chi connectivity index (χ4n) is 0.939. The van der Waals surface area contributed by atoms with Crippen LogP contribution in [0.4, 0.5) is 0 Å². The highest BCUT2D eigenvalue weighted by Crippen LogP contribution is 2.21. The smallest absolute Gasteiger partial charge is 0.268 e. The Morgan fingerprint density at radius 3 is 2.47 bits per heavy atom. The van der Waals surface area contributed by atoms with Crippen molar-refractivity contribution in [1.29, 1.82) is 0 Å². The van der Waals surface area contributed by atoms with E-state index < -0.39 is 11.9 Å². The summed E-state index contributed by atoms with van der Waals surface area (Å²) in [5.41, 5.74) is 0.178. The molecule has 0 aliphatic rings. The summed E-state index contributed by atoms with van der Waals surface area (Å²) in [4.78, 5) is 14.0. The number of nitrogens with one attached hydrogen (secondary N) is 2. The summed E-state index contributed by atoms with van der Waals surface area (Å²) >= 11 is 11.2. The summed E-state index contributed by atoms with van der Waals surface area (Å²) in [7, 11) is 0. The summed E-state index contributed by atoms with van der Waals surface area (Å²) in [6, 6.07) is 0.670. The van der Waals surface area contributed by atoms with Crippen LogP contribution in [0.15, 0.2) is 6.07 Å². The summed E-state index contributed by atoms with van der Waals surface area (Å²) < 4.78 is 0. The lowest BCUT2D eigenvalue weighted by Crippen LogP contribution is -2.40. The highest BCUT2D eigenvalue weighted by Gasteiger charge is 2.15. The average molecular weight is 253 g/mol. The normalized spacial score (nSPS) is 10.7. The Morgan fingerprint density at radius 1 is 1.47 bits per heavy atom. The van der Waals surface area contributed by atoms with Gasteiger partial charge in [0.2, 0.25) is 0 Å². The molecule has 1 aromatic heterocycles. The predicted octanol–water partition coefficient (Wildman–Crippen LogP) is 0.404. The number of carbonyl (C=O) groups is 1. The van der Waals surface area contributed by atoms with Gasteiger partial charge in [-0.05, 0) is 6.07 Å². The SMILES string of the molecule is O=C(NC(CO)CO)c1cc(Cl)c(Cl)[nH]1. The van der Waals surface area contributed by atoms with Gasteiger partial charge in [0.1, 0.15) is 10.8 Å². The summed E-state index contributed by atoms with van der Waals surface area (Å²) in [6.07, 6.45) is 0. The standard InChI is InChI=1S/C8H10Cl2N2O3/c9-5-1-6(12-7(5)10)8(15)11-4(2-13)3-14/h1,4,12-14H,2-3H2,(H,11,15). The molecule has 84 valence electrons. The molecule has 0 aromatic carbocycles. The van der Waals surface area contributed by atoms with E-state index in [9.17, 15) is 4.79 Å². The number of hydrogen-bond donors (Lipinski definition) is 4. The van der Waals surface area contributed by atoms with E-state index in [0.717, 1.165) is 0 Å². The van der Waals surface area contributed by atoms with E-state index in [4.69, 9.17) is 33.4 Å². The molecule has 0 radical (unpaired) electrons. The zero-order valence-corrected chi connectivity index (χ0v) is 9.14. The molecule has 0 fully saturated rings. The minimum atomic E-state index is -0.696. The molecule has 0 spiro atoms. The third-order valence-corrected chi connectivity index (χ3v) is 2.44. The van der Waals surface area contributed by atoms with Crippen LogP contribution in [-0.2, 0) is 0 Å². The van der Waals surface area contributed by atoms with E-state index >= 15 is 0 Å². The Hall–Kier alpha value is -0.750. The number of halogens is 2. The van der Waals surface area contributed by atoms with Crippen LogP contribution in [0.1, 0.15) is 10.5 Å². The Balaban J connectivity index is 2.68. The number of hydrogen-bond acceptors (Lipinski definition) is 3. The summed E-state index contributed by atoms with van der Waals surface area (Å²) in [6.45, 7) is -0.686. The molecule has 0 unspecified atom stereocenters. The topological polar surface area (TPSA) is 85.3 Å². The third-order valence-electron chi connectivity index (χ3n) is 1.75. The highest BCUT2D eigenvalue weighted by atomic mass is 35.5. The number of amides is 1. The molecular formula is C8H10Cl2N2O3. The minimum absolute atomic E-state index is 0.173. The van der Waals surface area contributed by atoms with Crippen molar-refractivity contribution in [3.8, 4) is 0 Å². The maximum absolute atomic E-state index is 11.5. The molecule has 7 heteroatoms. The lowest BCUT2D eigenvalue weighted by molar-refractivity contribution is 0.0875. The number of aromatic nitrogens is 1. The monoisotopic (exact) mass is 252 g/mol. The quantitative estimate of drug-likeness (QED) is 0.626. The van der Waals surface area contributed by atoms with Gasteiger partial charge in [-0.3, -0.25) is 4.79 Å². The van der Waals surface area contributed by atoms with Gasteiger partial charge in [-0.1, -0.05) is 23.2 Å². The van der Waals surface area contributed by atoms with Crippen LogP contribution in [0.5, 0.6) is 0 Å². The van der Waals surface area contributed by atoms with Gasteiger partial charge in [0.15, 0.2) is 0 Å². The van der Waals surface area contributed by atoms with E-state index in [0.29, 0.717) is 0 Å². The molecule has 0 atom stereocenters. The van der Waals surface area contributed by atoms with Crippen LogP contribution in [0, 0.1) is 0 Å². The van der Waals surface area contributed by atoms with E-state index in [1.54, 1.807) is 0 Å². The molecule has 1 heterocycles. The van der Waals surface area contributed by atoms with Gasteiger partial charge in [-0.2, -0.15) is 0 Å². The minimum Gasteiger partial charge on any atom is -0.394 e. The van der Waals surface area contributed by atoms with Crippen LogP contribution in [0.2, 0.25) is 10.2 Å². The maximum atomic E-state index is 11.5. The molecule has 1 amide bonds. The number of H-pyrrole nitrogens is 1. The van der Waals surface area contributed by atoms with Gasteiger partial charge >= 0.3 is 0 Å². The second-order valence-electron chi connectivity index (χ2n) is 2.88.